The van der Waals surface area contributed by atoms with Crippen molar-refractivity contribution in [3.8, 4) is 0 Å². The molecule has 7 rings (SSSR count). The molecule has 8 atom stereocenters. The van der Waals surface area contributed by atoms with Gasteiger partial charge >= 0.3 is 244 Å². The molecular weight excluding hydrogens is 634 g/mol. The molecule has 8 unspecified atom stereocenters. The van der Waals surface area contributed by atoms with Gasteiger partial charge in [-0.25, -0.2) is 0 Å². The van der Waals surface area contributed by atoms with Crippen molar-refractivity contribution in [2.45, 2.75) is 49.4 Å². The predicted molar refractivity (Wildman–Crippen MR) is 145 cm³/mol. The summed E-state index contributed by atoms with van der Waals surface area (Å²) in [5.74, 6) is -0.141. The second-order valence-electron chi connectivity index (χ2n) is 10.1. The van der Waals surface area contributed by atoms with Crippen molar-refractivity contribution in [3.05, 3.63) is 29.3 Å². The number of imidazole rings is 2. The number of fused-ring (bicyclic) bond motifs is 5. The maximum atomic E-state index is 13.0. The number of rotatable bonds is 2. The van der Waals surface area contributed by atoms with Gasteiger partial charge in [-0.1, -0.05) is 0 Å². The first-order valence-electron chi connectivity index (χ1n) is 13.0. The van der Waals surface area contributed by atoms with Crippen molar-refractivity contribution in [3.63, 3.8) is 0 Å². The number of aliphatic hydroxyl groups excluding tert-OH is 1. The molecule has 3 saturated heterocycles. The molecule has 0 aromatic carbocycles. The average molecular weight is 660 g/mol. The normalized spacial score (nSPS) is 35.1. The molecule has 22 nitrogen and oxygen atoms in total. The van der Waals surface area contributed by atoms with E-state index in [1.54, 1.807) is 0 Å². The molecule has 3 fully saturated rings. The van der Waals surface area contributed by atoms with E-state index in [2.05, 4.69) is 29.9 Å². The zero-order chi connectivity index (χ0) is 31.0. The fourth-order valence-electron chi connectivity index (χ4n) is 5.36. The number of anilines is 2. The molecule has 4 aromatic heterocycles. The zero-order valence-electron chi connectivity index (χ0n) is 22.2. The molecule has 238 valence electrons. The quantitative estimate of drug-likeness (QED) is 0.114. The van der Waals surface area contributed by atoms with Crippen LogP contribution >= 0.6 is 16.0 Å². The first-order valence-corrected chi connectivity index (χ1v) is 16.2. The Hall–Kier alpha value is -3.24. The van der Waals surface area contributed by atoms with Gasteiger partial charge in [-0.3, -0.25) is 0 Å². The predicted octanol–water partition coefficient (Wildman–Crippen LogP) is -2.02. The summed E-state index contributed by atoms with van der Waals surface area (Å²) in [6.45, 7) is -1.20. The van der Waals surface area contributed by atoms with E-state index in [0.29, 0.717) is 0 Å². The van der Waals surface area contributed by atoms with Crippen LogP contribution in [0.15, 0.2) is 23.8 Å². The van der Waals surface area contributed by atoms with Gasteiger partial charge < -0.3 is 0 Å². The van der Waals surface area contributed by atoms with Crippen LogP contribution in [0.25, 0.3) is 22.3 Å². The van der Waals surface area contributed by atoms with Gasteiger partial charge in [0.2, 0.25) is 0 Å². The third kappa shape index (κ3) is 5.23. The summed E-state index contributed by atoms with van der Waals surface area (Å²) < 4.78 is 49.0. The van der Waals surface area contributed by atoms with Crippen LogP contribution in [0.3, 0.4) is 0 Å². The molecule has 9 N–H and O–H groups in total. The van der Waals surface area contributed by atoms with Crippen LogP contribution in [0, 0.1) is 0 Å². The molecule has 3 aliphatic heterocycles. The SMILES string of the molecule is Nc1nc2c(ncn2C2OC3COP(=O)(O)OC4C(CO[PH](O)(O)OC2C3)OC(n2cnc3c(N)ncnc32)C4O)c(=O)[nH]1. The Balaban J connectivity index is 1.18. The van der Waals surface area contributed by atoms with E-state index in [-0.39, 0.29) is 40.5 Å². The standard InChI is InChI=1S/C20H26N10O12P2/c21-14-10-15(24-4-23-14)29(5-25-10)19-12(31)13-9(40-19)3-38-43(33,34)41-8-1-7(2-37-44(35,36)42-13)39-18(8)30-6-26-11-16(30)27-20(22)28-17(11)32/h4-9,12-13,18-19,31,33-34,43H,1-3H2,(H,35,36)(H2,21,23,24)(H3,22,27,28,32). The molecule has 0 saturated carbocycles. The van der Waals surface area contributed by atoms with Crippen LogP contribution in [0.4, 0.5) is 11.8 Å². The van der Waals surface area contributed by atoms with Crippen molar-refractivity contribution >= 4 is 50.1 Å². The van der Waals surface area contributed by atoms with Crippen LogP contribution in [-0.2, 0) is 32.1 Å². The average Bonchev–Trinajstić information content (AvgIpc) is 3.72. The van der Waals surface area contributed by atoms with E-state index in [1.807, 2.05) is 0 Å². The van der Waals surface area contributed by atoms with E-state index >= 15 is 0 Å². The number of phosphoric ester groups is 1. The Bertz CT molecular complexity index is 1830. The summed E-state index contributed by atoms with van der Waals surface area (Å²) in [4.78, 5) is 67.0. The number of hydrogen-bond donors (Lipinski definition) is 7. The molecule has 0 aliphatic carbocycles. The van der Waals surface area contributed by atoms with Crippen LogP contribution in [0.2, 0.25) is 0 Å². The Morgan fingerprint density at radius 1 is 1.00 bits per heavy atom. The summed E-state index contributed by atoms with van der Waals surface area (Å²) in [7, 11) is -9.92. The fourth-order valence-corrected chi connectivity index (χ4v) is 7.40. The number of nitrogens with zero attached hydrogens (tertiary/aromatic N) is 7. The van der Waals surface area contributed by atoms with Gasteiger partial charge in [-0.15, -0.1) is 0 Å². The fraction of sp³-hybridized carbons (Fsp3) is 0.500. The molecule has 3 aliphatic rings. The number of nitrogen functional groups attached to an aromatic ring is 2. The Morgan fingerprint density at radius 3 is 2.55 bits per heavy atom. The van der Waals surface area contributed by atoms with E-state index in [1.165, 1.54) is 28.1 Å². The number of aliphatic hydroxyl groups is 1. The molecule has 4 aromatic rings. The number of H-pyrrole nitrogens is 1. The minimum atomic E-state index is -5.01. The van der Waals surface area contributed by atoms with Crippen molar-refractivity contribution in [2.75, 3.05) is 24.7 Å². The second kappa shape index (κ2) is 10.7. The van der Waals surface area contributed by atoms with Gasteiger partial charge in [0.25, 0.3) is 0 Å². The van der Waals surface area contributed by atoms with Crippen LogP contribution in [0.1, 0.15) is 18.9 Å². The Labute approximate surface area is 244 Å². The monoisotopic (exact) mass is 660 g/mol. The molecule has 7 heterocycles. The van der Waals surface area contributed by atoms with Gasteiger partial charge in [0.15, 0.2) is 0 Å². The van der Waals surface area contributed by atoms with Gasteiger partial charge in [0.1, 0.15) is 0 Å². The molecule has 44 heavy (non-hydrogen) atoms. The summed E-state index contributed by atoms with van der Waals surface area (Å²) in [6.07, 6.45) is -5.58. The van der Waals surface area contributed by atoms with E-state index in [0.717, 1.165) is 0 Å². The number of nitrogens with one attached hydrogen (secondary N) is 1. The summed E-state index contributed by atoms with van der Waals surface area (Å²) in [5, 5.41) is 11.1. The first kappa shape index (κ1) is 29.5. The molecule has 0 spiro atoms. The Morgan fingerprint density at radius 2 is 1.75 bits per heavy atom. The van der Waals surface area contributed by atoms with Gasteiger partial charge in [0, 0.05) is 0 Å². The zero-order valence-corrected chi connectivity index (χ0v) is 24.1. The van der Waals surface area contributed by atoms with Crippen molar-refractivity contribution < 1.29 is 51.9 Å². The van der Waals surface area contributed by atoms with Crippen molar-refractivity contribution in [2.24, 2.45) is 0 Å². The molecular formula is C20H26N10O12P2. The summed E-state index contributed by atoms with van der Waals surface area (Å²) >= 11 is 0. The Kier molecular flexibility index (Phi) is 7.16. The number of ether oxygens (including phenoxy) is 2. The van der Waals surface area contributed by atoms with Crippen molar-refractivity contribution in [1.29, 1.82) is 0 Å². The van der Waals surface area contributed by atoms with Crippen LogP contribution < -0.4 is 17.0 Å². The molecule has 2 bridgehead atoms. The molecule has 24 heteroatoms. The van der Waals surface area contributed by atoms with Crippen molar-refractivity contribution in [1.82, 2.24) is 39.0 Å². The van der Waals surface area contributed by atoms with Gasteiger partial charge in [-0.2, -0.15) is 0 Å². The summed E-state index contributed by atoms with van der Waals surface area (Å²) in [5.41, 5.74) is 11.2. The van der Waals surface area contributed by atoms with E-state index in [9.17, 15) is 29.1 Å². The third-order valence-corrected chi connectivity index (χ3v) is 9.40. The number of phosphoric acid groups is 1. The number of aromatic nitrogens is 8. The van der Waals surface area contributed by atoms with E-state index in [4.69, 9.17) is 39.0 Å². The maximum absolute atomic E-state index is 13.0. The van der Waals surface area contributed by atoms with E-state index < -0.39 is 77.7 Å². The number of hydrogen-bond acceptors (Lipinski definition) is 18. The third-order valence-electron chi connectivity index (χ3n) is 7.26. The number of aromatic amines is 1. The van der Waals surface area contributed by atoms with Gasteiger partial charge in [0.05, 0.1) is 0 Å². The second-order valence-corrected chi connectivity index (χ2v) is 13.2. The molecule has 0 radical (unpaired) electrons. The summed E-state index contributed by atoms with van der Waals surface area (Å²) in [6, 6.07) is 0. The van der Waals surface area contributed by atoms with Crippen LogP contribution in [-0.4, -0.2) is 103 Å². The topological polar surface area (TPSA) is 313 Å². The first-order chi connectivity index (χ1) is 20.9. The number of nitrogens with two attached hydrogens (primary N) is 2. The van der Waals surface area contributed by atoms with Crippen LogP contribution in [0.5, 0.6) is 0 Å². The minimum absolute atomic E-state index is 0.00837. The van der Waals surface area contributed by atoms with Gasteiger partial charge in [-0.05, 0) is 0 Å². The molecule has 0 amide bonds.